The number of aliphatic hydroxyl groups excluding tert-OH is 1. The van der Waals surface area contributed by atoms with Crippen molar-refractivity contribution in [3.63, 3.8) is 0 Å². The van der Waals surface area contributed by atoms with Crippen molar-refractivity contribution in [3.05, 3.63) is 52.7 Å². The molecule has 0 atom stereocenters. The minimum absolute atomic E-state index is 0.00742. The first-order valence-electron chi connectivity index (χ1n) is 5.92. The Morgan fingerprint density at radius 2 is 1.94 bits per heavy atom. The van der Waals surface area contributed by atoms with Crippen LogP contribution < -0.4 is 4.74 Å². The topological polar surface area (TPSA) is 42.4 Å². The molecule has 0 bridgehead atoms. The van der Waals surface area contributed by atoms with Crippen LogP contribution in [0.15, 0.2) is 30.3 Å². The molecule has 0 unspecified atom stereocenters. The predicted octanol–water partition coefficient (Wildman–Crippen LogP) is 3.29. The molecular formula is C15H17NO2. The van der Waals surface area contributed by atoms with Crippen LogP contribution >= 0.6 is 0 Å². The molecule has 0 aliphatic rings. The maximum Gasteiger partial charge on any atom is 0.219 e. The number of nitrogens with zero attached hydrogens (tertiary/aromatic N) is 1. The number of aryl methyl sites for hydroxylation is 2. The van der Waals surface area contributed by atoms with E-state index < -0.39 is 0 Å². The number of benzene rings is 1. The molecule has 3 nitrogen and oxygen atoms in total. The zero-order valence-corrected chi connectivity index (χ0v) is 10.9. The highest BCUT2D eigenvalue weighted by Gasteiger charge is 2.06. The molecule has 1 aromatic carbocycles. The lowest BCUT2D eigenvalue weighted by molar-refractivity contribution is 0.281. The third-order valence-electron chi connectivity index (χ3n) is 2.94. The molecule has 0 saturated carbocycles. The molecule has 2 rings (SSSR count). The van der Waals surface area contributed by atoms with E-state index in [0.29, 0.717) is 5.88 Å². The van der Waals surface area contributed by atoms with Crippen molar-refractivity contribution in [2.45, 2.75) is 27.4 Å². The summed E-state index contributed by atoms with van der Waals surface area (Å²) in [7, 11) is 0. The Morgan fingerprint density at radius 1 is 1.17 bits per heavy atom. The van der Waals surface area contributed by atoms with E-state index in [1.807, 2.05) is 45.0 Å². The number of aromatic nitrogens is 1. The van der Waals surface area contributed by atoms with Crippen molar-refractivity contribution < 1.29 is 9.84 Å². The van der Waals surface area contributed by atoms with Crippen LogP contribution in [0.25, 0.3) is 0 Å². The Labute approximate surface area is 107 Å². The van der Waals surface area contributed by atoms with E-state index in [0.717, 1.165) is 22.6 Å². The fourth-order valence-electron chi connectivity index (χ4n) is 1.80. The van der Waals surface area contributed by atoms with Gasteiger partial charge >= 0.3 is 0 Å². The molecule has 1 N–H and O–H groups in total. The van der Waals surface area contributed by atoms with Crippen molar-refractivity contribution in [3.8, 4) is 11.6 Å². The quantitative estimate of drug-likeness (QED) is 0.899. The first-order valence-corrected chi connectivity index (χ1v) is 5.92. The van der Waals surface area contributed by atoms with E-state index in [2.05, 4.69) is 4.98 Å². The minimum Gasteiger partial charge on any atom is -0.439 e. The van der Waals surface area contributed by atoms with Gasteiger partial charge in [0, 0.05) is 11.8 Å². The van der Waals surface area contributed by atoms with Crippen LogP contribution in [-0.2, 0) is 6.61 Å². The lowest BCUT2D eigenvalue weighted by Gasteiger charge is -2.11. The van der Waals surface area contributed by atoms with E-state index in [4.69, 9.17) is 9.84 Å². The molecule has 1 aromatic heterocycles. The Hall–Kier alpha value is -1.87. The number of ether oxygens (including phenoxy) is 1. The molecule has 3 heteroatoms. The molecule has 2 aromatic rings. The van der Waals surface area contributed by atoms with Crippen molar-refractivity contribution in [1.29, 1.82) is 0 Å². The normalized spacial score (nSPS) is 10.4. The molecule has 0 spiro atoms. The molecule has 0 fully saturated rings. The summed E-state index contributed by atoms with van der Waals surface area (Å²) >= 11 is 0. The Kier molecular flexibility index (Phi) is 3.63. The van der Waals surface area contributed by atoms with Gasteiger partial charge in [0.25, 0.3) is 0 Å². The fourth-order valence-corrected chi connectivity index (χ4v) is 1.80. The summed E-state index contributed by atoms with van der Waals surface area (Å²) in [5.74, 6) is 1.32. The molecule has 0 radical (unpaired) electrons. The number of aliphatic hydroxyl groups is 1. The third-order valence-corrected chi connectivity index (χ3v) is 2.94. The SMILES string of the molecule is Cc1cc(CO)cc(Oc2cccc(C)c2C)n1. The summed E-state index contributed by atoms with van der Waals surface area (Å²) in [4.78, 5) is 4.31. The van der Waals surface area contributed by atoms with Gasteiger partial charge in [0.05, 0.1) is 6.61 Å². The second-order valence-corrected chi connectivity index (χ2v) is 4.41. The lowest BCUT2D eigenvalue weighted by atomic mass is 10.1. The summed E-state index contributed by atoms with van der Waals surface area (Å²) in [5.41, 5.74) is 3.93. The number of pyridine rings is 1. The first-order chi connectivity index (χ1) is 8.60. The van der Waals surface area contributed by atoms with Crippen LogP contribution in [0.5, 0.6) is 11.6 Å². The molecule has 94 valence electrons. The zero-order chi connectivity index (χ0) is 13.1. The van der Waals surface area contributed by atoms with E-state index in [9.17, 15) is 0 Å². The molecule has 0 aliphatic carbocycles. The van der Waals surface area contributed by atoms with E-state index >= 15 is 0 Å². The molecule has 0 saturated heterocycles. The van der Waals surface area contributed by atoms with Crippen LogP contribution in [0.3, 0.4) is 0 Å². The second-order valence-electron chi connectivity index (χ2n) is 4.41. The fraction of sp³-hybridized carbons (Fsp3) is 0.267. The van der Waals surface area contributed by atoms with Gasteiger partial charge in [-0.1, -0.05) is 12.1 Å². The highest BCUT2D eigenvalue weighted by Crippen LogP contribution is 2.26. The van der Waals surface area contributed by atoms with Gasteiger partial charge in [0.1, 0.15) is 5.75 Å². The van der Waals surface area contributed by atoms with Crippen LogP contribution in [0.4, 0.5) is 0 Å². The molecule has 0 amide bonds. The molecule has 0 aliphatic heterocycles. The highest BCUT2D eigenvalue weighted by molar-refractivity contribution is 5.40. The monoisotopic (exact) mass is 243 g/mol. The summed E-state index contributed by atoms with van der Waals surface area (Å²) in [5, 5.41) is 9.17. The van der Waals surface area contributed by atoms with E-state index in [-0.39, 0.29) is 6.61 Å². The van der Waals surface area contributed by atoms with Crippen molar-refractivity contribution in [2.75, 3.05) is 0 Å². The van der Waals surface area contributed by atoms with Gasteiger partial charge in [-0.25, -0.2) is 4.98 Å². The Balaban J connectivity index is 2.34. The van der Waals surface area contributed by atoms with Gasteiger partial charge in [0.15, 0.2) is 0 Å². The minimum atomic E-state index is -0.00742. The number of hydrogen-bond acceptors (Lipinski definition) is 3. The second kappa shape index (κ2) is 5.19. The third kappa shape index (κ3) is 2.68. The van der Waals surface area contributed by atoms with Gasteiger partial charge in [-0.15, -0.1) is 0 Å². The van der Waals surface area contributed by atoms with Crippen LogP contribution in [-0.4, -0.2) is 10.1 Å². The smallest absolute Gasteiger partial charge is 0.219 e. The van der Waals surface area contributed by atoms with Crippen molar-refractivity contribution in [2.24, 2.45) is 0 Å². The average Bonchev–Trinajstić information content (AvgIpc) is 2.34. The predicted molar refractivity (Wildman–Crippen MR) is 70.9 cm³/mol. The maximum absolute atomic E-state index is 9.17. The zero-order valence-electron chi connectivity index (χ0n) is 10.9. The first kappa shape index (κ1) is 12.6. The Bertz CT molecular complexity index is 564. The molecular weight excluding hydrogens is 226 g/mol. The van der Waals surface area contributed by atoms with Gasteiger partial charge < -0.3 is 9.84 Å². The number of rotatable bonds is 3. The highest BCUT2D eigenvalue weighted by atomic mass is 16.5. The van der Waals surface area contributed by atoms with Crippen LogP contribution in [0.1, 0.15) is 22.4 Å². The largest absolute Gasteiger partial charge is 0.439 e. The van der Waals surface area contributed by atoms with Gasteiger partial charge in [-0.2, -0.15) is 0 Å². The van der Waals surface area contributed by atoms with Gasteiger partial charge in [-0.05, 0) is 49.6 Å². The Morgan fingerprint density at radius 3 is 2.67 bits per heavy atom. The summed E-state index contributed by atoms with van der Waals surface area (Å²) in [6, 6.07) is 9.53. The van der Waals surface area contributed by atoms with E-state index in [1.54, 1.807) is 6.07 Å². The molecule has 1 heterocycles. The summed E-state index contributed by atoms with van der Waals surface area (Å²) < 4.78 is 5.79. The van der Waals surface area contributed by atoms with E-state index in [1.165, 1.54) is 5.56 Å². The van der Waals surface area contributed by atoms with Crippen LogP contribution in [0, 0.1) is 20.8 Å². The summed E-state index contributed by atoms with van der Waals surface area (Å²) in [6.07, 6.45) is 0. The standard InChI is InChI=1S/C15H17NO2/c1-10-5-4-6-14(12(10)3)18-15-8-13(9-17)7-11(2)16-15/h4-8,17H,9H2,1-3H3. The number of hydrogen-bond donors (Lipinski definition) is 1. The maximum atomic E-state index is 9.17. The van der Waals surface area contributed by atoms with Gasteiger partial charge in [0.2, 0.25) is 5.88 Å². The lowest BCUT2D eigenvalue weighted by Crippen LogP contribution is -1.95. The van der Waals surface area contributed by atoms with Gasteiger partial charge in [-0.3, -0.25) is 0 Å². The van der Waals surface area contributed by atoms with Crippen molar-refractivity contribution in [1.82, 2.24) is 4.98 Å². The summed E-state index contributed by atoms with van der Waals surface area (Å²) in [6.45, 7) is 5.94. The van der Waals surface area contributed by atoms with Crippen LogP contribution in [0.2, 0.25) is 0 Å². The molecule has 18 heavy (non-hydrogen) atoms. The average molecular weight is 243 g/mol. The van der Waals surface area contributed by atoms with Crippen molar-refractivity contribution >= 4 is 0 Å².